The van der Waals surface area contributed by atoms with E-state index in [1.165, 1.54) is 19.2 Å². The van der Waals surface area contributed by atoms with Crippen molar-refractivity contribution in [2.75, 3.05) is 13.7 Å². The largest absolute Gasteiger partial charge is 0.469 e. The molecular formula is C14H17ClF3NO2. The van der Waals surface area contributed by atoms with E-state index >= 15 is 0 Å². The Morgan fingerprint density at radius 3 is 2.43 bits per heavy atom. The third-order valence-corrected chi connectivity index (χ3v) is 3.58. The molecule has 1 saturated heterocycles. The Morgan fingerprint density at radius 2 is 1.90 bits per heavy atom. The number of hydrogen-bond donors (Lipinski definition) is 1. The number of methoxy groups -OCH3 is 1. The zero-order valence-electron chi connectivity index (χ0n) is 11.4. The second kappa shape index (κ2) is 7.13. The quantitative estimate of drug-likeness (QED) is 0.848. The molecule has 0 bridgehead atoms. The van der Waals surface area contributed by atoms with Gasteiger partial charge in [0.1, 0.15) is 0 Å². The normalized spacial score (nSPS) is 22.3. The molecule has 21 heavy (non-hydrogen) atoms. The number of carbonyl (C=O) groups is 1. The number of alkyl halides is 3. The molecule has 1 aliphatic heterocycles. The van der Waals surface area contributed by atoms with Crippen molar-refractivity contribution in [3.8, 4) is 0 Å². The maximum Gasteiger partial charge on any atom is 0.416 e. The van der Waals surface area contributed by atoms with Crippen LogP contribution in [0.25, 0.3) is 0 Å². The van der Waals surface area contributed by atoms with E-state index in [0.29, 0.717) is 19.4 Å². The van der Waals surface area contributed by atoms with E-state index in [4.69, 9.17) is 4.74 Å². The molecule has 0 amide bonds. The molecule has 0 aliphatic carbocycles. The fraction of sp³-hybridized carbons (Fsp3) is 0.500. The first kappa shape index (κ1) is 17.8. The summed E-state index contributed by atoms with van der Waals surface area (Å²) in [7, 11) is 1.34. The zero-order valence-corrected chi connectivity index (χ0v) is 12.3. The van der Waals surface area contributed by atoms with E-state index in [0.717, 1.165) is 17.7 Å². The molecule has 2 atom stereocenters. The molecule has 0 radical (unpaired) electrons. The van der Waals surface area contributed by atoms with Gasteiger partial charge in [-0.25, -0.2) is 0 Å². The van der Waals surface area contributed by atoms with Gasteiger partial charge in [0.15, 0.2) is 0 Å². The monoisotopic (exact) mass is 323 g/mol. The van der Waals surface area contributed by atoms with Gasteiger partial charge < -0.3 is 10.1 Å². The minimum Gasteiger partial charge on any atom is -0.469 e. The summed E-state index contributed by atoms with van der Waals surface area (Å²) < 4.78 is 42.2. The second-order valence-electron chi connectivity index (χ2n) is 4.87. The third-order valence-electron chi connectivity index (χ3n) is 3.58. The molecule has 1 aliphatic rings. The lowest BCUT2D eigenvalue weighted by Crippen LogP contribution is -2.35. The predicted molar refractivity (Wildman–Crippen MR) is 74.2 cm³/mol. The first-order valence-electron chi connectivity index (χ1n) is 6.40. The van der Waals surface area contributed by atoms with E-state index in [1.807, 2.05) is 0 Å². The van der Waals surface area contributed by atoms with Gasteiger partial charge >= 0.3 is 12.1 Å². The summed E-state index contributed by atoms with van der Waals surface area (Å²) >= 11 is 0. The zero-order chi connectivity index (χ0) is 14.8. The number of halogens is 4. The van der Waals surface area contributed by atoms with E-state index < -0.39 is 11.7 Å². The average molecular weight is 324 g/mol. The van der Waals surface area contributed by atoms with Crippen molar-refractivity contribution in [3.63, 3.8) is 0 Å². The first-order chi connectivity index (χ1) is 9.41. The molecule has 0 saturated carbocycles. The lowest BCUT2D eigenvalue weighted by molar-refractivity contribution is -0.146. The number of piperidine rings is 1. The minimum absolute atomic E-state index is 0. The summed E-state index contributed by atoms with van der Waals surface area (Å²) in [5, 5.41) is 3.21. The molecule has 2 rings (SSSR count). The molecule has 1 fully saturated rings. The fourth-order valence-electron chi connectivity index (χ4n) is 2.46. The first-order valence-corrected chi connectivity index (χ1v) is 6.40. The highest BCUT2D eigenvalue weighted by Crippen LogP contribution is 2.32. The molecule has 1 aromatic carbocycles. The lowest BCUT2D eigenvalue weighted by atomic mass is 9.88. The van der Waals surface area contributed by atoms with Crippen LogP contribution >= 0.6 is 12.4 Å². The van der Waals surface area contributed by atoms with Crippen molar-refractivity contribution in [1.82, 2.24) is 5.32 Å². The molecule has 1 N–H and O–H groups in total. The Bertz CT molecular complexity index is 476. The van der Waals surface area contributed by atoms with Crippen molar-refractivity contribution in [1.29, 1.82) is 0 Å². The van der Waals surface area contributed by atoms with E-state index in [1.54, 1.807) is 0 Å². The lowest BCUT2D eigenvalue weighted by Gasteiger charge is -2.29. The van der Waals surface area contributed by atoms with Gasteiger partial charge in [-0.05, 0) is 37.1 Å². The van der Waals surface area contributed by atoms with Gasteiger partial charge in [0.2, 0.25) is 0 Å². The van der Waals surface area contributed by atoms with Crippen LogP contribution in [0.15, 0.2) is 24.3 Å². The van der Waals surface area contributed by atoms with Gasteiger partial charge in [-0.1, -0.05) is 12.1 Å². The molecular weight excluding hydrogens is 307 g/mol. The van der Waals surface area contributed by atoms with Crippen molar-refractivity contribution < 1.29 is 22.7 Å². The average Bonchev–Trinajstić information content (AvgIpc) is 2.46. The summed E-state index contributed by atoms with van der Waals surface area (Å²) in [6.07, 6.45) is -3.10. The summed E-state index contributed by atoms with van der Waals surface area (Å²) in [6.45, 7) is 0.644. The topological polar surface area (TPSA) is 38.3 Å². The van der Waals surface area contributed by atoms with Crippen LogP contribution < -0.4 is 5.32 Å². The highest BCUT2D eigenvalue weighted by molar-refractivity contribution is 5.85. The Hall–Kier alpha value is -1.27. The number of nitrogens with one attached hydrogen (secondary N) is 1. The van der Waals surface area contributed by atoms with Crippen molar-refractivity contribution >= 4 is 18.4 Å². The number of benzene rings is 1. The fourth-order valence-corrected chi connectivity index (χ4v) is 2.46. The van der Waals surface area contributed by atoms with Gasteiger partial charge in [0.05, 0.1) is 18.6 Å². The van der Waals surface area contributed by atoms with Gasteiger partial charge in [0, 0.05) is 6.04 Å². The molecule has 1 aromatic rings. The number of ether oxygens (including phenoxy) is 1. The maximum atomic E-state index is 12.5. The third kappa shape index (κ3) is 4.35. The van der Waals surface area contributed by atoms with Crippen LogP contribution in [0.1, 0.15) is 30.0 Å². The smallest absolute Gasteiger partial charge is 0.416 e. The number of hydrogen-bond acceptors (Lipinski definition) is 3. The van der Waals surface area contributed by atoms with E-state index in [2.05, 4.69) is 5.32 Å². The van der Waals surface area contributed by atoms with Crippen LogP contribution in [-0.4, -0.2) is 19.6 Å². The Labute approximate surface area is 127 Å². The van der Waals surface area contributed by atoms with Crippen LogP contribution in [-0.2, 0) is 15.7 Å². The Kier molecular flexibility index (Phi) is 6.04. The maximum absolute atomic E-state index is 12.5. The van der Waals surface area contributed by atoms with Crippen molar-refractivity contribution in [2.24, 2.45) is 5.92 Å². The number of carbonyl (C=O) groups excluding carboxylic acids is 1. The Balaban J connectivity index is 0.00000220. The van der Waals surface area contributed by atoms with Crippen LogP contribution in [0.4, 0.5) is 13.2 Å². The SMILES string of the molecule is COC(=O)[C@H]1CCN[C@@H](c2ccc(C(F)(F)F)cc2)C1.Cl. The van der Waals surface area contributed by atoms with Crippen molar-refractivity contribution in [3.05, 3.63) is 35.4 Å². The number of esters is 1. The van der Waals surface area contributed by atoms with Gasteiger partial charge in [-0.2, -0.15) is 13.2 Å². The highest BCUT2D eigenvalue weighted by Gasteiger charge is 2.31. The molecule has 118 valence electrons. The van der Waals surface area contributed by atoms with Gasteiger partial charge in [-0.15, -0.1) is 12.4 Å². The van der Waals surface area contributed by atoms with E-state index in [-0.39, 0.29) is 30.3 Å². The van der Waals surface area contributed by atoms with Crippen molar-refractivity contribution in [2.45, 2.75) is 25.1 Å². The van der Waals surface area contributed by atoms with Crippen LogP contribution in [0, 0.1) is 5.92 Å². The summed E-state index contributed by atoms with van der Waals surface area (Å²) in [4.78, 5) is 11.5. The molecule has 0 aromatic heterocycles. The molecule has 1 heterocycles. The van der Waals surface area contributed by atoms with Gasteiger partial charge in [-0.3, -0.25) is 4.79 Å². The molecule has 7 heteroatoms. The van der Waals surface area contributed by atoms with E-state index in [9.17, 15) is 18.0 Å². The van der Waals surface area contributed by atoms with Crippen LogP contribution in [0.5, 0.6) is 0 Å². The highest BCUT2D eigenvalue weighted by atomic mass is 35.5. The molecule has 3 nitrogen and oxygen atoms in total. The molecule has 0 spiro atoms. The van der Waals surface area contributed by atoms with Gasteiger partial charge in [0.25, 0.3) is 0 Å². The van der Waals surface area contributed by atoms with Crippen LogP contribution in [0.2, 0.25) is 0 Å². The summed E-state index contributed by atoms with van der Waals surface area (Å²) in [6, 6.07) is 4.94. The minimum atomic E-state index is -4.33. The van der Waals surface area contributed by atoms with Crippen LogP contribution in [0.3, 0.4) is 0 Å². The second-order valence-corrected chi connectivity index (χ2v) is 4.87. The predicted octanol–water partition coefficient (Wildman–Crippen LogP) is 3.34. The summed E-state index contributed by atoms with van der Waals surface area (Å²) in [5.74, 6) is -0.461. The number of rotatable bonds is 2. The Morgan fingerprint density at radius 1 is 1.29 bits per heavy atom. The standard InChI is InChI=1S/C14H16F3NO2.ClH/c1-20-13(19)10-6-7-18-12(8-10)9-2-4-11(5-3-9)14(15,16)17;/h2-5,10,12,18H,6-8H2,1H3;1H/t10-,12+;/m0./s1. The summed E-state index contributed by atoms with van der Waals surface area (Å²) in [5.41, 5.74) is 0.0909. The molecule has 0 unspecified atom stereocenters.